The van der Waals surface area contributed by atoms with Crippen LogP contribution in [0.4, 0.5) is 0 Å². The maximum atomic E-state index is 5.80. The standard InChI is InChI=1S/C22H24N4O/c1-2-13-27-22-18(9-6-11-23-22)15-26-12-10-20-19(16-26)14-24-21(25-20)17-7-4-3-5-8-17/h3-9,11,14H,2,10,12-13,15-16H2,1H3. The number of rotatable bonds is 6. The number of hydrogen-bond acceptors (Lipinski definition) is 5. The van der Waals surface area contributed by atoms with Crippen LogP contribution in [0.25, 0.3) is 11.4 Å². The number of nitrogens with zero attached hydrogens (tertiary/aromatic N) is 4. The van der Waals surface area contributed by atoms with Crippen LogP contribution in [0.2, 0.25) is 0 Å². The van der Waals surface area contributed by atoms with E-state index in [2.05, 4.69) is 40.0 Å². The van der Waals surface area contributed by atoms with E-state index in [0.717, 1.165) is 61.0 Å². The molecule has 4 rings (SSSR count). The Labute approximate surface area is 160 Å². The third kappa shape index (κ3) is 4.14. The summed E-state index contributed by atoms with van der Waals surface area (Å²) in [5.74, 6) is 1.56. The van der Waals surface area contributed by atoms with Crippen molar-refractivity contribution in [3.8, 4) is 17.3 Å². The predicted molar refractivity (Wildman–Crippen MR) is 105 cm³/mol. The highest BCUT2D eigenvalue weighted by Gasteiger charge is 2.20. The Hall–Kier alpha value is -2.79. The topological polar surface area (TPSA) is 51.1 Å². The third-order valence-electron chi connectivity index (χ3n) is 4.73. The molecule has 0 radical (unpaired) electrons. The second-order valence-electron chi connectivity index (χ2n) is 6.81. The second kappa shape index (κ2) is 8.27. The fraction of sp³-hybridized carbons (Fsp3) is 0.318. The lowest BCUT2D eigenvalue weighted by Crippen LogP contribution is -2.31. The molecule has 5 nitrogen and oxygen atoms in total. The quantitative estimate of drug-likeness (QED) is 0.668. The molecule has 1 aliphatic rings. The van der Waals surface area contributed by atoms with E-state index in [9.17, 15) is 0 Å². The zero-order valence-electron chi connectivity index (χ0n) is 15.6. The van der Waals surface area contributed by atoms with Gasteiger partial charge in [-0.05, 0) is 12.5 Å². The Morgan fingerprint density at radius 1 is 1.07 bits per heavy atom. The molecule has 1 aliphatic heterocycles. The van der Waals surface area contributed by atoms with Crippen molar-refractivity contribution in [3.63, 3.8) is 0 Å². The number of aromatic nitrogens is 3. The van der Waals surface area contributed by atoms with Crippen molar-refractivity contribution in [2.45, 2.75) is 32.9 Å². The highest BCUT2D eigenvalue weighted by atomic mass is 16.5. The number of hydrogen-bond donors (Lipinski definition) is 0. The summed E-state index contributed by atoms with van der Waals surface area (Å²) in [7, 11) is 0. The van der Waals surface area contributed by atoms with E-state index in [1.165, 1.54) is 5.56 Å². The van der Waals surface area contributed by atoms with Gasteiger partial charge in [-0.15, -0.1) is 0 Å². The van der Waals surface area contributed by atoms with Gasteiger partial charge < -0.3 is 4.74 Å². The molecule has 0 N–H and O–H groups in total. The summed E-state index contributed by atoms with van der Waals surface area (Å²) in [5.41, 5.74) is 4.57. The Kier molecular flexibility index (Phi) is 5.39. The first-order valence-corrected chi connectivity index (χ1v) is 9.52. The van der Waals surface area contributed by atoms with E-state index >= 15 is 0 Å². The van der Waals surface area contributed by atoms with E-state index < -0.39 is 0 Å². The minimum absolute atomic E-state index is 0.697. The monoisotopic (exact) mass is 360 g/mol. The largest absolute Gasteiger partial charge is 0.477 e. The molecule has 0 aliphatic carbocycles. The van der Waals surface area contributed by atoms with Gasteiger partial charge in [-0.25, -0.2) is 15.0 Å². The average Bonchev–Trinajstić information content (AvgIpc) is 2.73. The zero-order chi connectivity index (χ0) is 18.5. The Morgan fingerprint density at radius 3 is 2.81 bits per heavy atom. The Morgan fingerprint density at radius 2 is 1.96 bits per heavy atom. The van der Waals surface area contributed by atoms with Crippen LogP contribution in [0.1, 0.15) is 30.2 Å². The summed E-state index contributed by atoms with van der Waals surface area (Å²) >= 11 is 0. The summed E-state index contributed by atoms with van der Waals surface area (Å²) in [6, 6.07) is 14.2. The molecule has 138 valence electrons. The van der Waals surface area contributed by atoms with Gasteiger partial charge >= 0.3 is 0 Å². The van der Waals surface area contributed by atoms with Gasteiger partial charge in [-0.3, -0.25) is 4.90 Å². The van der Waals surface area contributed by atoms with Crippen LogP contribution >= 0.6 is 0 Å². The first-order chi connectivity index (χ1) is 13.3. The lowest BCUT2D eigenvalue weighted by atomic mass is 10.1. The van der Waals surface area contributed by atoms with Gasteiger partial charge in [0.2, 0.25) is 5.88 Å². The van der Waals surface area contributed by atoms with Crippen LogP contribution in [0, 0.1) is 0 Å². The molecule has 0 amide bonds. The predicted octanol–water partition coefficient (Wildman–Crippen LogP) is 3.89. The molecule has 0 spiro atoms. The van der Waals surface area contributed by atoms with Crippen LogP contribution < -0.4 is 4.74 Å². The number of ether oxygens (including phenoxy) is 1. The van der Waals surface area contributed by atoms with E-state index in [0.29, 0.717) is 6.61 Å². The zero-order valence-corrected chi connectivity index (χ0v) is 15.6. The molecule has 3 aromatic rings. The van der Waals surface area contributed by atoms with Crippen molar-refractivity contribution < 1.29 is 4.74 Å². The molecule has 27 heavy (non-hydrogen) atoms. The summed E-state index contributed by atoms with van der Waals surface area (Å²) in [6.07, 6.45) is 5.69. The molecule has 3 heterocycles. The normalized spacial score (nSPS) is 14.0. The van der Waals surface area contributed by atoms with Gasteiger partial charge in [-0.2, -0.15) is 0 Å². The van der Waals surface area contributed by atoms with Gasteiger partial charge in [-0.1, -0.05) is 43.3 Å². The smallest absolute Gasteiger partial charge is 0.217 e. The Bertz CT molecular complexity index is 898. The minimum Gasteiger partial charge on any atom is -0.477 e. The fourth-order valence-corrected chi connectivity index (χ4v) is 3.35. The molecule has 0 fully saturated rings. The van der Waals surface area contributed by atoms with Crippen molar-refractivity contribution in [1.29, 1.82) is 0 Å². The molecular formula is C22H24N4O. The molecule has 0 unspecified atom stereocenters. The van der Waals surface area contributed by atoms with Crippen LogP contribution in [-0.4, -0.2) is 33.0 Å². The first kappa shape index (κ1) is 17.6. The van der Waals surface area contributed by atoms with Crippen LogP contribution in [0.3, 0.4) is 0 Å². The molecule has 2 aromatic heterocycles. The van der Waals surface area contributed by atoms with Crippen molar-refractivity contribution in [3.05, 3.63) is 71.7 Å². The summed E-state index contributed by atoms with van der Waals surface area (Å²) in [4.78, 5) is 16.2. The molecule has 5 heteroatoms. The Balaban J connectivity index is 1.48. The fourth-order valence-electron chi connectivity index (χ4n) is 3.35. The van der Waals surface area contributed by atoms with Gasteiger partial charge in [0.25, 0.3) is 0 Å². The lowest BCUT2D eigenvalue weighted by Gasteiger charge is -2.28. The molecule has 0 bridgehead atoms. The number of fused-ring (bicyclic) bond motifs is 1. The minimum atomic E-state index is 0.697. The van der Waals surface area contributed by atoms with Gasteiger partial charge in [0.15, 0.2) is 5.82 Å². The summed E-state index contributed by atoms with van der Waals surface area (Å²) < 4.78 is 5.80. The van der Waals surface area contributed by atoms with Crippen molar-refractivity contribution in [1.82, 2.24) is 19.9 Å². The highest BCUT2D eigenvalue weighted by molar-refractivity contribution is 5.54. The highest BCUT2D eigenvalue weighted by Crippen LogP contribution is 2.24. The van der Waals surface area contributed by atoms with E-state index in [-0.39, 0.29) is 0 Å². The SMILES string of the molecule is CCCOc1ncccc1CN1CCc2nc(-c3ccccc3)ncc2C1. The summed E-state index contributed by atoms with van der Waals surface area (Å²) in [5, 5.41) is 0. The van der Waals surface area contributed by atoms with Crippen molar-refractivity contribution in [2.24, 2.45) is 0 Å². The lowest BCUT2D eigenvalue weighted by molar-refractivity contribution is 0.233. The van der Waals surface area contributed by atoms with Gasteiger partial charge in [0, 0.05) is 55.1 Å². The van der Waals surface area contributed by atoms with Gasteiger partial charge in [0.05, 0.1) is 12.3 Å². The molecule has 0 saturated heterocycles. The third-order valence-corrected chi connectivity index (χ3v) is 4.73. The van der Waals surface area contributed by atoms with Gasteiger partial charge in [0.1, 0.15) is 0 Å². The average molecular weight is 360 g/mol. The molecule has 0 saturated carbocycles. The van der Waals surface area contributed by atoms with E-state index in [4.69, 9.17) is 9.72 Å². The summed E-state index contributed by atoms with van der Waals surface area (Å²) in [6.45, 7) is 5.45. The van der Waals surface area contributed by atoms with Crippen LogP contribution in [0.5, 0.6) is 5.88 Å². The second-order valence-corrected chi connectivity index (χ2v) is 6.81. The van der Waals surface area contributed by atoms with Crippen molar-refractivity contribution >= 4 is 0 Å². The van der Waals surface area contributed by atoms with Crippen LogP contribution in [-0.2, 0) is 19.5 Å². The maximum absolute atomic E-state index is 5.80. The van der Waals surface area contributed by atoms with Crippen molar-refractivity contribution in [2.75, 3.05) is 13.2 Å². The maximum Gasteiger partial charge on any atom is 0.217 e. The molecule has 0 atom stereocenters. The van der Waals surface area contributed by atoms with Crippen LogP contribution in [0.15, 0.2) is 54.9 Å². The van der Waals surface area contributed by atoms with E-state index in [1.807, 2.05) is 30.5 Å². The molecule has 1 aromatic carbocycles. The number of pyridine rings is 1. The molecular weight excluding hydrogens is 336 g/mol. The first-order valence-electron chi connectivity index (χ1n) is 9.52. The van der Waals surface area contributed by atoms with E-state index in [1.54, 1.807) is 6.20 Å². The number of benzene rings is 1.